The highest BCUT2D eigenvalue weighted by Crippen LogP contribution is 2.38. The van der Waals surface area contributed by atoms with Gasteiger partial charge in [-0.1, -0.05) is 15.9 Å². The van der Waals surface area contributed by atoms with Gasteiger partial charge in [-0.3, -0.25) is 0 Å². The molecule has 0 radical (unpaired) electrons. The minimum atomic E-state index is -0.0103. The van der Waals surface area contributed by atoms with Crippen molar-refractivity contribution in [2.45, 2.75) is 13.0 Å². The second kappa shape index (κ2) is 4.38. The van der Waals surface area contributed by atoms with Gasteiger partial charge in [-0.2, -0.15) is 0 Å². The second-order valence-electron chi connectivity index (χ2n) is 3.02. The molecule has 3 nitrogen and oxygen atoms in total. The van der Waals surface area contributed by atoms with E-state index in [0.29, 0.717) is 6.79 Å². The zero-order valence-electron chi connectivity index (χ0n) is 7.62. The third kappa shape index (κ3) is 1.97. The van der Waals surface area contributed by atoms with Crippen LogP contribution in [0.4, 0.5) is 0 Å². The van der Waals surface area contributed by atoms with Crippen molar-refractivity contribution >= 4 is 28.3 Å². The molecule has 0 aromatic heterocycles. The fourth-order valence-electron chi connectivity index (χ4n) is 1.28. The summed E-state index contributed by atoms with van der Waals surface area (Å²) in [6.07, 6.45) is 0. The van der Waals surface area contributed by atoms with E-state index >= 15 is 0 Å². The Morgan fingerprint density at radius 3 is 2.50 bits per heavy atom. The monoisotopic (exact) mass is 279 g/mol. The molecule has 1 aliphatic rings. The van der Waals surface area contributed by atoms with Gasteiger partial charge < -0.3 is 15.2 Å². The fraction of sp³-hybridized carbons (Fsp3) is 0.333. The van der Waals surface area contributed by atoms with E-state index < -0.39 is 0 Å². The van der Waals surface area contributed by atoms with Gasteiger partial charge in [0.25, 0.3) is 0 Å². The lowest BCUT2D eigenvalue weighted by Gasteiger charge is -2.09. The number of ether oxygens (including phenoxy) is 2. The van der Waals surface area contributed by atoms with Crippen LogP contribution in [0.2, 0.25) is 0 Å². The summed E-state index contributed by atoms with van der Waals surface area (Å²) in [5.41, 5.74) is 6.81. The first-order valence-electron chi connectivity index (χ1n) is 4.03. The highest BCUT2D eigenvalue weighted by Gasteiger charge is 2.17. The average molecular weight is 281 g/mol. The average Bonchev–Trinajstić information content (AvgIpc) is 2.48. The molecule has 0 unspecified atom stereocenters. The van der Waals surface area contributed by atoms with Crippen molar-refractivity contribution in [3.63, 3.8) is 0 Å². The van der Waals surface area contributed by atoms with Crippen LogP contribution >= 0.6 is 28.3 Å². The first kappa shape index (κ1) is 11.6. The van der Waals surface area contributed by atoms with Gasteiger partial charge >= 0.3 is 0 Å². The highest BCUT2D eigenvalue weighted by molar-refractivity contribution is 9.10. The van der Waals surface area contributed by atoms with Crippen molar-refractivity contribution in [3.05, 3.63) is 22.2 Å². The molecular formula is C9H11BrClNO2. The number of hydrogen-bond donors (Lipinski definition) is 1. The Hall–Kier alpha value is -0.450. The lowest BCUT2D eigenvalue weighted by molar-refractivity contribution is 0.174. The number of hydrogen-bond acceptors (Lipinski definition) is 3. The van der Waals surface area contributed by atoms with Crippen molar-refractivity contribution in [2.24, 2.45) is 5.73 Å². The van der Waals surface area contributed by atoms with Crippen LogP contribution < -0.4 is 15.2 Å². The molecule has 0 amide bonds. The molecule has 1 aromatic rings. The Bertz CT molecular complexity index is 344. The predicted molar refractivity (Wildman–Crippen MR) is 60.1 cm³/mol. The number of nitrogens with two attached hydrogens (primary N) is 1. The van der Waals surface area contributed by atoms with Crippen molar-refractivity contribution in [1.29, 1.82) is 0 Å². The summed E-state index contributed by atoms with van der Waals surface area (Å²) in [4.78, 5) is 0. The molecule has 78 valence electrons. The molecule has 0 saturated carbocycles. The van der Waals surface area contributed by atoms with E-state index in [2.05, 4.69) is 15.9 Å². The smallest absolute Gasteiger partial charge is 0.231 e. The van der Waals surface area contributed by atoms with E-state index in [0.717, 1.165) is 21.5 Å². The molecule has 1 aliphatic heterocycles. The normalized spacial score (nSPS) is 14.8. The van der Waals surface area contributed by atoms with Crippen LogP contribution in [0.1, 0.15) is 18.5 Å². The van der Waals surface area contributed by atoms with E-state index in [1.165, 1.54) is 0 Å². The lowest BCUT2D eigenvalue weighted by Crippen LogP contribution is -2.05. The SMILES string of the molecule is C[C@@H](N)c1cc2c(cc1Br)OCO2.Cl. The molecule has 2 N–H and O–H groups in total. The summed E-state index contributed by atoms with van der Waals surface area (Å²) in [6.45, 7) is 2.23. The van der Waals surface area contributed by atoms with Crippen LogP contribution in [0.3, 0.4) is 0 Å². The number of fused-ring (bicyclic) bond motifs is 1. The molecule has 0 aliphatic carbocycles. The van der Waals surface area contributed by atoms with Crippen LogP contribution in [0, 0.1) is 0 Å². The summed E-state index contributed by atoms with van der Waals surface area (Å²) in [5.74, 6) is 1.55. The molecule has 2 rings (SSSR count). The van der Waals surface area contributed by atoms with Gasteiger partial charge in [0.05, 0.1) is 0 Å². The molecule has 0 spiro atoms. The Kier molecular flexibility index (Phi) is 3.64. The van der Waals surface area contributed by atoms with Crippen LogP contribution in [0.5, 0.6) is 11.5 Å². The Balaban J connectivity index is 0.000000980. The van der Waals surface area contributed by atoms with Gasteiger partial charge in [0.2, 0.25) is 6.79 Å². The summed E-state index contributed by atoms with van der Waals surface area (Å²) in [5, 5.41) is 0. The highest BCUT2D eigenvalue weighted by atomic mass is 79.9. The molecule has 1 atom stereocenters. The Labute approximate surface area is 97.1 Å². The first-order valence-corrected chi connectivity index (χ1v) is 4.82. The van der Waals surface area contributed by atoms with Gasteiger partial charge in [0.1, 0.15) is 0 Å². The summed E-state index contributed by atoms with van der Waals surface area (Å²) in [7, 11) is 0. The van der Waals surface area contributed by atoms with E-state index in [1.807, 2.05) is 19.1 Å². The Morgan fingerprint density at radius 2 is 1.93 bits per heavy atom. The molecule has 14 heavy (non-hydrogen) atoms. The number of rotatable bonds is 1. The first-order chi connectivity index (χ1) is 6.18. The molecular weight excluding hydrogens is 269 g/mol. The molecule has 1 heterocycles. The second-order valence-corrected chi connectivity index (χ2v) is 3.87. The van der Waals surface area contributed by atoms with Gasteiger partial charge in [0.15, 0.2) is 11.5 Å². The number of benzene rings is 1. The van der Waals surface area contributed by atoms with Crippen molar-refractivity contribution in [2.75, 3.05) is 6.79 Å². The molecule has 5 heteroatoms. The van der Waals surface area contributed by atoms with Crippen molar-refractivity contribution in [1.82, 2.24) is 0 Å². The zero-order chi connectivity index (χ0) is 9.42. The topological polar surface area (TPSA) is 44.5 Å². The maximum absolute atomic E-state index is 5.78. The summed E-state index contributed by atoms with van der Waals surface area (Å²) < 4.78 is 11.4. The van der Waals surface area contributed by atoms with Crippen LogP contribution in [-0.2, 0) is 0 Å². The largest absolute Gasteiger partial charge is 0.454 e. The third-order valence-corrected chi connectivity index (χ3v) is 2.67. The minimum absolute atomic E-state index is 0. The molecule has 0 bridgehead atoms. The van der Waals surface area contributed by atoms with E-state index in [9.17, 15) is 0 Å². The van der Waals surface area contributed by atoms with Gasteiger partial charge in [-0.05, 0) is 24.6 Å². The van der Waals surface area contributed by atoms with Crippen LogP contribution in [-0.4, -0.2) is 6.79 Å². The summed E-state index contributed by atoms with van der Waals surface area (Å²) in [6, 6.07) is 3.79. The predicted octanol–water partition coefficient (Wildman–Crippen LogP) is 2.62. The molecule has 1 aromatic carbocycles. The minimum Gasteiger partial charge on any atom is -0.454 e. The standard InChI is InChI=1S/C9H10BrNO2.ClH/c1-5(11)6-2-8-9(3-7(6)10)13-4-12-8;/h2-3,5H,4,11H2,1H3;1H/t5-;/m1./s1. The van der Waals surface area contributed by atoms with E-state index in [1.54, 1.807) is 0 Å². The van der Waals surface area contributed by atoms with E-state index in [-0.39, 0.29) is 18.4 Å². The van der Waals surface area contributed by atoms with Crippen LogP contribution in [0.15, 0.2) is 16.6 Å². The van der Waals surface area contributed by atoms with Gasteiger partial charge in [-0.15, -0.1) is 12.4 Å². The van der Waals surface area contributed by atoms with Crippen LogP contribution in [0.25, 0.3) is 0 Å². The van der Waals surface area contributed by atoms with E-state index in [4.69, 9.17) is 15.2 Å². The number of halogens is 2. The quantitative estimate of drug-likeness (QED) is 0.860. The van der Waals surface area contributed by atoms with Gasteiger partial charge in [0, 0.05) is 10.5 Å². The fourth-order valence-corrected chi connectivity index (χ4v) is 1.97. The maximum Gasteiger partial charge on any atom is 0.231 e. The third-order valence-electron chi connectivity index (χ3n) is 1.98. The zero-order valence-corrected chi connectivity index (χ0v) is 10.0. The van der Waals surface area contributed by atoms with Crippen molar-refractivity contribution in [3.8, 4) is 11.5 Å². The molecule has 0 saturated heterocycles. The Morgan fingerprint density at radius 1 is 1.36 bits per heavy atom. The van der Waals surface area contributed by atoms with Crippen molar-refractivity contribution < 1.29 is 9.47 Å². The van der Waals surface area contributed by atoms with Gasteiger partial charge in [-0.25, -0.2) is 0 Å². The summed E-state index contributed by atoms with van der Waals surface area (Å²) >= 11 is 3.43. The maximum atomic E-state index is 5.78. The molecule has 0 fully saturated rings. The lowest BCUT2D eigenvalue weighted by atomic mass is 10.1.